The molecule has 0 aromatic heterocycles. The van der Waals surface area contributed by atoms with Crippen LogP contribution in [0.4, 0.5) is 9.59 Å². The molecule has 56 heavy (non-hydrogen) atoms. The van der Waals surface area contributed by atoms with E-state index in [0.29, 0.717) is 12.3 Å². The molecule has 1 heterocycles. The molecule has 314 valence electrons. The number of carbonyl (C=O) groups is 2. The fourth-order valence-corrected chi connectivity index (χ4v) is 11.0. The Kier molecular flexibility index (Phi) is 13.7. The van der Waals surface area contributed by atoms with Crippen LogP contribution < -0.4 is 20.7 Å². The Morgan fingerprint density at radius 2 is 1.41 bits per heavy atom. The normalized spacial score (nSPS) is 22.3. The second kappa shape index (κ2) is 16.8. The molecule has 4 N–H and O–H groups in total. The molecule has 1 saturated heterocycles. The number of phenols is 1. The zero-order valence-corrected chi connectivity index (χ0v) is 38.7. The number of piperidine rings is 1. The fraction of sp³-hybridized carbons (Fsp3) is 0.702. The Balaban J connectivity index is 1.55. The molecule has 2 fully saturated rings. The van der Waals surface area contributed by atoms with Gasteiger partial charge < -0.3 is 30.7 Å². The van der Waals surface area contributed by atoms with Gasteiger partial charge in [0.2, 0.25) is 0 Å². The third-order valence-corrected chi connectivity index (χ3v) is 12.6. The van der Waals surface area contributed by atoms with E-state index in [0.717, 1.165) is 83.5 Å². The molecule has 0 radical (unpaired) electrons. The van der Waals surface area contributed by atoms with E-state index < -0.39 is 6.09 Å². The maximum Gasteiger partial charge on any atom is 0.412 e. The van der Waals surface area contributed by atoms with Gasteiger partial charge in [0.25, 0.3) is 0 Å². The topological polar surface area (TPSA) is 103 Å². The lowest BCUT2D eigenvalue weighted by molar-refractivity contribution is 0.0597. The quantitative estimate of drug-likeness (QED) is 0.191. The Bertz CT molecular complexity index is 1720. The molecular formula is C47H76N4O4S. The first-order valence-corrected chi connectivity index (χ1v) is 21.8. The number of nitrogens with zero attached hydrogens (tertiary/aromatic N) is 1. The van der Waals surface area contributed by atoms with E-state index in [2.05, 4.69) is 131 Å². The van der Waals surface area contributed by atoms with Crippen LogP contribution in [0.5, 0.6) is 11.5 Å². The molecule has 1 aliphatic carbocycles. The molecule has 1 saturated carbocycles. The Labute approximate surface area is 344 Å². The minimum absolute atomic E-state index is 0.0199. The van der Waals surface area contributed by atoms with Crippen LogP contribution in [-0.4, -0.2) is 58.4 Å². The Morgan fingerprint density at radius 1 is 0.857 bits per heavy atom. The molecule has 2 aliphatic rings. The van der Waals surface area contributed by atoms with Crippen molar-refractivity contribution in [2.24, 2.45) is 10.8 Å². The highest BCUT2D eigenvalue weighted by molar-refractivity contribution is 7.99. The van der Waals surface area contributed by atoms with Gasteiger partial charge in [-0.15, -0.1) is 0 Å². The number of hydrogen-bond acceptors (Lipinski definition) is 6. The average molecular weight is 793 g/mol. The number of amides is 3. The fourth-order valence-electron chi connectivity index (χ4n) is 9.80. The maximum absolute atomic E-state index is 14.2. The predicted octanol–water partition coefficient (Wildman–Crippen LogP) is 11.5. The number of hydrogen-bond donors (Lipinski definition) is 4. The molecule has 4 rings (SSSR count). The van der Waals surface area contributed by atoms with Crippen molar-refractivity contribution < 1.29 is 19.4 Å². The van der Waals surface area contributed by atoms with Crippen LogP contribution >= 0.6 is 11.8 Å². The molecule has 3 amide bonds. The number of carbonyl (C=O) groups excluding carboxylic acids is 2. The minimum Gasteiger partial charge on any atom is -0.506 e. The van der Waals surface area contributed by atoms with Crippen LogP contribution in [0, 0.1) is 24.7 Å². The molecule has 9 heteroatoms. The first kappa shape index (κ1) is 45.8. The van der Waals surface area contributed by atoms with Gasteiger partial charge in [-0.2, -0.15) is 0 Å². The summed E-state index contributed by atoms with van der Waals surface area (Å²) >= 11 is 1.44. The van der Waals surface area contributed by atoms with E-state index >= 15 is 0 Å². The number of aryl methyl sites for hydroxylation is 2. The van der Waals surface area contributed by atoms with Crippen LogP contribution in [0.25, 0.3) is 0 Å². The molecule has 2 unspecified atom stereocenters. The van der Waals surface area contributed by atoms with Crippen molar-refractivity contribution in [1.82, 2.24) is 20.9 Å². The lowest BCUT2D eigenvalue weighted by atomic mass is 9.62. The van der Waals surface area contributed by atoms with Crippen molar-refractivity contribution >= 4 is 23.9 Å². The van der Waals surface area contributed by atoms with Crippen molar-refractivity contribution in [2.75, 3.05) is 13.1 Å². The summed E-state index contributed by atoms with van der Waals surface area (Å²) in [6.45, 7) is 35.8. The van der Waals surface area contributed by atoms with Gasteiger partial charge in [-0.1, -0.05) is 99.6 Å². The van der Waals surface area contributed by atoms with E-state index in [1.54, 1.807) is 0 Å². The number of aromatic hydroxyl groups is 1. The number of phenolic OH excluding ortho intramolecular Hbond substituents is 1. The highest BCUT2D eigenvalue weighted by atomic mass is 32.2. The second-order valence-corrected chi connectivity index (χ2v) is 22.9. The summed E-state index contributed by atoms with van der Waals surface area (Å²) in [4.78, 5) is 31.7. The van der Waals surface area contributed by atoms with Gasteiger partial charge in [0.05, 0.1) is 9.79 Å². The summed E-state index contributed by atoms with van der Waals surface area (Å²) in [5.41, 5.74) is 2.95. The van der Waals surface area contributed by atoms with Crippen LogP contribution in [0.2, 0.25) is 0 Å². The van der Waals surface area contributed by atoms with E-state index in [9.17, 15) is 14.7 Å². The molecule has 2 aromatic rings. The van der Waals surface area contributed by atoms with Crippen LogP contribution in [0.1, 0.15) is 164 Å². The standard InChI is InChI=1S/C47H76N4O4S/c1-17-18-19-51(33-26-45(12,13)50-46(14,15)27-33)40(53)49-32-24-44(10,11)28-47(16,25-32)29-48-41(54)55-39-35(43(7,8)9)21-31(3)23-37(39)56-36-22-30(2)20-34(38(36)52)42(4,5)6/h20-23,32-33,50,52H,17-19,24-29H2,1-16H3,(H,48,54)(H,49,53). The van der Waals surface area contributed by atoms with Crippen molar-refractivity contribution in [2.45, 2.75) is 200 Å². The van der Waals surface area contributed by atoms with E-state index in [-0.39, 0.29) is 56.6 Å². The highest BCUT2D eigenvalue weighted by Gasteiger charge is 2.44. The van der Waals surface area contributed by atoms with Gasteiger partial charge in [-0.3, -0.25) is 0 Å². The third-order valence-electron chi connectivity index (χ3n) is 11.5. The molecule has 2 atom stereocenters. The predicted molar refractivity (Wildman–Crippen MR) is 234 cm³/mol. The summed E-state index contributed by atoms with van der Waals surface area (Å²) in [6, 6.07) is 8.34. The minimum atomic E-state index is -0.503. The van der Waals surface area contributed by atoms with Crippen LogP contribution in [0.15, 0.2) is 34.1 Å². The molecule has 1 aliphatic heterocycles. The summed E-state index contributed by atoms with van der Waals surface area (Å²) < 4.78 is 6.31. The van der Waals surface area contributed by atoms with E-state index in [1.807, 2.05) is 25.1 Å². The average Bonchev–Trinajstić information content (AvgIpc) is 2.99. The highest BCUT2D eigenvalue weighted by Crippen LogP contribution is 2.48. The maximum atomic E-state index is 14.2. The van der Waals surface area contributed by atoms with E-state index in [1.165, 1.54) is 11.8 Å². The van der Waals surface area contributed by atoms with Gasteiger partial charge >= 0.3 is 12.1 Å². The summed E-state index contributed by atoms with van der Waals surface area (Å²) in [5.74, 6) is 0.772. The number of ether oxygens (including phenoxy) is 1. The molecular weight excluding hydrogens is 717 g/mol. The SMILES string of the molecule is CCCCN(C(=O)NC1CC(C)(C)CC(C)(CNC(=O)Oc2c(Sc3cc(C)cc(C(C)(C)C)c3O)cc(C)cc2C(C)(C)C)C1)C1CC(C)(C)NC(C)(C)C1. The second-order valence-electron chi connectivity index (χ2n) is 21.9. The summed E-state index contributed by atoms with van der Waals surface area (Å²) in [5, 5.41) is 21.9. The molecule has 2 aromatic carbocycles. The Hall–Kier alpha value is -2.91. The van der Waals surface area contributed by atoms with Crippen molar-refractivity contribution in [3.8, 4) is 11.5 Å². The van der Waals surface area contributed by atoms with Crippen molar-refractivity contribution in [3.05, 3.63) is 46.5 Å². The van der Waals surface area contributed by atoms with Gasteiger partial charge in [0.1, 0.15) is 11.5 Å². The first-order valence-electron chi connectivity index (χ1n) is 21.0. The summed E-state index contributed by atoms with van der Waals surface area (Å²) in [7, 11) is 0. The number of urea groups is 1. The molecule has 0 bridgehead atoms. The molecule has 8 nitrogen and oxygen atoms in total. The summed E-state index contributed by atoms with van der Waals surface area (Å²) in [6.07, 6.45) is 5.87. The lowest BCUT2D eigenvalue weighted by Crippen LogP contribution is -2.64. The Morgan fingerprint density at radius 3 is 1.96 bits per heavy atom. The van der Waals surface area contributed by atoms with E-state index in [4.69, 9.17) is 4.74 Å². The monoisotopic (exact) mass is 793 g/mol. The number of unbranched alkanes of at least 4 members (excludes halogenated alkanes) is 1. The van der Waals surface area contributed by atoms with Crippen LogP contribution in [0.3, 0.4) is 0 Å². The number of nitrogens with one attached hydrogen (secondary N) is 3. The molecule has 0 spiro atoms. The van der Waals surface area contributed by atoms with Gasteiger partial charge in [-0.25, -0.2) is 9.59 Å². The third kappa shape index (κ3) is 12.1. The largest absolute Gasteiger partial charge is 0.506 e. The van der Waals surface area contributed by atoms with Crippen molar-refractivity contribution in [3.63, 3.8) is 0 Å². The lowest BCUT2D eigenvalue weighted by Gasteiger charge is -2.50. The smallest absolute Gasteiger partial charge is 0.412 e. The van der Waals surface area contributed by atoms with Gasteiger partial charge in [-0.05, 0) is 125 Å². The van der Waals surface area contributed by atoms with Crippen LogP contribution in [-0.2, 0) is 10.8 Å². The zero-order valence-electron chi connectivity index (χ0n) is 37.9. The first-order chi connectivity index (χ1) is 25.5. The van der Waals surface area contributed by atoms with Gasteiger partial charge in [0, 0.05) is 47.4 Å². The number of rotatable bonds is 10. The van der Waals surface area contributed by atoms with Gasteiger partial charge in [0.15, 0.2) is 0 Å². The van der Waals surface area contributed by atoms with Crippen molar-refractivity contribution in [1.29, 1.82) is 0 Å². The zero-order chi connectivity index (χ0) is 42.2. The number of benzene rings is 2.